The van der Waals surface area contributed by atoms with Crippen LogP contribution in [-0.2, 0) is 4.79 Å². The molecular weight excluding hydrogens is 248 g/mol. The number of rotatable bonds is 0. The molecule has 0 aliphatic carbocycles. The second kappa shape index (κ2) is 3.61. The zero-order chi connectivity index (χ0) is 13.9. The quantitative estimate of drug-likeness (QED) is 0.599. The minimum atomic E-state index is -0.503. The highest BCUT2D eigenvalue weighted by Gasteiger charge is 2.60. The Labute approximate surface area is 111 Å². The van der Waals surface area contributed by atoms with Crippen molar-refractivity contribution >= 4 is 18.0 Å². The number of likely N-dealkylation sites (tertiary alicyclic amines) is 1. The monoisotopic (exact) mass is 266 g/mol. The van der Waals surface area contributed by atoms with E-state index in [1.807, 2.05) is 20.8 Å². The van der Waals surface area contributed by atoms with Crippen molar-refractivity contribution in [3.63, 3.8) is 0 Å². The van der Waals surface area contributed by atoms with Gasteiger partial charge in [0, 0.05) is 12.1 Å². The molecule has 3 atom stereocenters. The summed E-state index contributed by atoms with van der Waals surface area (Å²) < 4.78 is 0. The number of fused-ring (bicyclic) bond motifs is 5. The molecule has 0 spiro atoms. The summed E-state index contributed by atoms with van der Waals surface area (Å²) in [5.41, 5.74) is -0.313. The molecule has 3 unspecified atom stereocenters. The summed E-state index contributed by atoms with van der Waals surface area (Å²) >= 11 is 0. The molecule has 2 bridgehead atoms. The topological polar surface area (TPSA) is 81.8 Å². The Hall–Kier alpha value is -1.79. The lowest BCUT2D eigenvalue weighted by atomic mass is 10.1. The first-order chi connectivity index (χ1) is 8.78. The van der Waals surface area contributed by atoms with Gasteiger partial charge in [-0.25, -0.2) is 9.59 Å². The predicted molar refractivity (Wildman–Crippen MR) is 66.3 cm³/mol. The summed E-state index contributed by atoms with van der Waals surface area (Å²) in [5, 5.41) is 5.22. The molecule has 0 aromatic heterocycles. The molecule has 0 aromatic carbocycles. The van der Waals surface area contributed by atoms with Gasteiger partial charge in [0.25, 0.3) is 5.91 Å². The number of carbonyl (C=O) groups is 3. The van der Waals surface area contributed by atoms with Crippen molar-refractivity contribution in [2.24, 2.45) is 0 Å². The number of amides is 5. The van der Waals surface area contributed by atoms with E-state index in [1.165, 1.54) is 0 Å². The molecule has 7 heteroatoms. The lowest BCUT2D eigenvalue weighted by molar-refractivity contribution is -0.122. The Morgan fingerprint density at radius 3 is 2.68 bits per heavy atom. The van der Waals surface area contributed by atoms with Crippen molar-refractivity contribution in [3.8, 4) is 0 Å². The summed E-state index contributed by atoms with van der Waals surface area (Å²) in [7, 11) is 0. The van der Waals surface area contributed by atoms with Crippen LogP contribution in [-0.4, -0.2) is 58.0 Å². The largest absolute Gasteiger partial charge is 0.333 e. The van der Waals surface area contributed by atoms with Gasteiger partial charge in [0.15, 0.2) is 0 Å². The van der Waals surface area contributed by atoms with E-state index in [2.05, 4.69) is 10.6 Å². The standard InChI is InChI=1S/C12H18N4O3/c1-12(2,3)14-11(19)15-5-6-4-7(15)8-9(17)13-10(18)16(6)8/h6-8H,4-5H2,1-3H3,(H,14,19)(H,13,17,18). The zero-order valence-corrected chi connectivity index (χ0v) is 11.3. The van der Waals surface area contributed by atoms with Gasteiger partial charge in [-0.3, -0.25) is 10.1 Å². The fourth-order valence-electron chi connectivity index (χ4n) is 3.22. The third kappa shape index (κ3) is 1.75. The van der Waals surface area contributed by atoms with Crippen molar-refractivity contribution in [1.82, 2.24) is 20.4 Å². The number of nitrogens with zero attached hydrogens (tertiary/aromatic N) is 2. The highest BCUT2D eigenvalue weighted by atomic mass is 16.2. The third-order valence-corrected chi connectivity index (χ3v) is 3.85. The number of hydrogen-bond acceptors (Lipinski definition) is 3. The van der Waals surface area contributed by atoms with Gasteiger partial charge in [-0.05, 0) is 27.2 Å². The average Bonchev–Trinajstić information content (AvgIpc) is 2.88. The summed E-state index contributed by atoms with van der Waals surface area (Å²) in [6, 6.07) is -1.21. The summed E-state index contributed by atoms with van der Waals surface area (Å²) in [6.07, 6.45) is 0.696. The van der Waals surface area contributed by atoms with Gasteiger partial charge in [-0.1, -0.05) is 0 Å². The third-order valence-electron chi connectivity index (χ3n) is 3.85. The van der Waals surface area contributed by atoms with Crippen molar-refractivity contribution in [3.05, 3.63) is 0 Å². The molecule has 3 aliphatic rings. The van der Waals surface area contributed by atoms with E-state index in [9.17, 15) is 14.4 Å². The maximum Gasteiger partial charge on any atom is 0.325 e. The van der Waals surface area contributed by atoms with Crippen LogP contribution in [0.3, 0.4) is 0 Å². The summed E-state index contributed by atoms with van der Waals surface area (Å²) in [5.74, 6) is -0.286. The first-order valence-corrected chi connectivity index (χ1v) is 6.50. The van der Waals surface area contributed by atoms with Crippen LogP contribution in [0.4, 0.5) is 9.59 Å². The van der Waals surface area contributed by atoms with E-state index in [0.717, 1.165) is 0 Å². The molecule has 104 valence electrons. The van der Waals surface area contributed by atoms with Crippen molar-refractivity contribution < 1.29 is 14.4 Å². The van der Waals surface area contributed by atoms with Gasteiger partial charge >= 0.3 is 12.1 Å². The normalized spacial score (nSPS) is 32.7. The highest BCUT2D eigenvalue weighted by Crippen LogP contribution is 2.38. The van der Waals surface area contributed by atoms with Crippen LogP contribution in [0.5, 0.6) is 0 Å². The molecule has 2 N–H and O–H groups in total. The Balaban J connectivity index is 1.78. The summed E-state index contributed by atoms with van der Waals surface area (Å²) in [6.45, 7) is 6.25. The van der Waals surface area contributed by atoms with Gasteiger partial charge < -0.3 is 15.1 Å². The zero-order valence-electron chi connectivity index (χ0n) is 11.3. The minimum Gasteiger partial charge on any atom is -0.333 e. The van der Waals surface area contributed by atoms with E-state index in [4.69, 9.17) is 0 Å². The minimum absolute atomic E-state index is 0.0350. The Morgan fingerprint density at radius 1 is 1.37 bits per heavy atom. The molecule has 7 nitrogen and oxygen atoms in total. The maximum atomic E-state index is 12.2. The van der Waals surface area contributed by atoms with Crippen molar-refractivity contribution in [2.45, 2.75) is 50.9 Å². The number of urea groups is 2. The Bertz CT molecular complexity index is 470. The second-order valence-corrected chi connectivity index (χ2v) is 6.44. The first-order valence-electron chi connectivity index (χ1n) is 6.50. The van der Waals surface area contributed by atoms with Crippen molar-refractivity contribution in [2.75, 3.05) is 6.54 Å². The summed E-state index contributed by atoms with van der Waals surface area (Å²) in [4.78, 5) is 38.9. The molecule has 3 heterocycles. The van der Waals surface area contributed by atoms with E-state index in [0.29, 0.717) is 13.0 Å². The van der Waals surface area contributed by atoms with Gasteiger partial charge in [0.1, 0.15) is 6.04 Å². The van der Waals surface area contributed by atoms with E-state index < -0.39 is 6.04 Å². The van der Waals surface area contributed by atoms with Crippen LogP contribution < -0.4 is 10.6 Å². The van der Waals surface area contributed by atoms with Crippen LogP contribution in [0.25, 0.3) is 0 Å². The molecule has 19 heavy (non-hydrogen) atoms. The molecule has 5 amide bonds. The van der Waals surface area contributed by atoms with E-state index in [-0.39, 0.29) is 35.6 Å². The number of piperazine rings is 1. The van der Waals surface area contributed by atoms with E-state index >= 15 is 0 Å². The van der Waals surface area contributed by atoms with Crippen LogP contribution in [0.2, 0.25) is 0 Å². The Morgan fingerprint density at radius 2 is 2.05 bits per heavy atom. The SMILES string of the molecule is CC(C)(C)NC(=O)N1CC2CC1C1C(=O)NC(=O)N21. The lowest BCUT2D eigenvalue weighted by Crippen LogP contribution is -2.59. The number of hydrogen-bond donors (Lipinski definition) is 2. The molecule has 3 aliphatic heterocycles. The highest BCUT2D eigenvalue weighted by molar-refractivity contribution is 6.06. The maximum absolute atomic E-state index is 12.2. The van der Waals surface area contributed by atoms with Gasteiger partial charge in [0.05, 0.1) is 12.1 Å². The van der Waals surface area contributed by atoms with Gasteiger partial charge in [-0.15, -0.1) is 0 Å². The molecule has 3 rings (SSSR count). The van der Waals surface area contributed by atoms with Crippen molar-refractivity contribution in [1.29, 1.82) is 0 Å². The molecule has 0 aromatic rings. The van der Waals surface area contributed by atoms with E-state index in [1.54, 1.807) is 9.80 Å². The van der Waals surface area contributed by atoms with Crippen LogP contribution in [0, 0.1) is 0 Å². The smallest absolute Gasteiger partial charge is 0.325 e. The second-order valence-electron chi connectivity index (χ2n) is 6.44. The Kier molecular flexibility index (Phi) is 2.33. The molecular formula is C12H18N4O3. The van der Waals surface area contributed by atoms with Crippen LogP contribution in [0.1, 0.15) is 27.2 Å². The molecule has 3 saturated heterocycles. The van der Waals surface area contributed by atoms with Gasteiger partial charge in [-0.2, -0.15) is 0 Å². The molecule has 3 fully saturated rings. The molecule has 0 radical (unpaired) electrons. The van der Waals surface area contributed by atoms with Crippen LogP contribution in [0.15, 0.2) is 0 Å². The number of imide groups is 1. The van der Waals surface area contributed by atoms with Gasteiger partial charge in [0.2, 0.25) is 0 Å². The fraction of sp³-hybridized carbons (Fsp3) is 0.750. The molecule has 0 saturated carbocycles. The number of carbonyl (C=O) groups excluding carboxylic acids is 3. The lowest BCUT2D eigenvalue weighted by Gasteiger charge is -2.36. The fourth-order valence-corrected chi connectivity index (χ4v) is 3.22. The van der Waals surface area contributed by atoms with Crippen LogP contribution >= 0.6 is 0 Å². The number of nitrogens with one attached hydrogen (secondary N) is 2. The average molecular weight is 266 g/mol. The first kappa shape index (κ1) is 12.3. The predicted octanol–water partition coefficient (Wildman–Crippen LogP) is -0.129.